The first-order valence-electron chi connectivity index (χ1n) is 8.20. The van der Waals surface area contributed by atoms with E-state index < -0.39 is 23.2 Å². The fraction of sp³-hybridized carbons (Fsp3) is 0.100. The van der Waals surface area contributed by atoms with Gasteiger partial charge in [-0.15, -0.1) is 0 Å². The third kappa shape index (κ3) is 4.06. The van der Waals surface area contributed by atoms with Gasteiger partial charge in [0, 0.05) is 11.4 Å². The van der Waals surface area contributed by atoms with Gasteiger partial charge in [0.1, 0.15) is 5.56 Å². The number of hydroxylamine groups is 1. The molecule has 1 N–H and O–H groups in total. The second kappa shape index (κ2) is 7.59. The highest BCUT2D eigenvalue weighted by atomic mass is 19.4. The number of nitrogens with one attached hydrogen (secondary N) is 1. The predicted octanol–water partition coefficient (Wildman–Crippen LogP) is 3.89. The molecule has 0 aliphatic heterocycles. The Hall–Kier alpha value is -3.55. The van der Waals surface area contributed by atoms with Crippen molar-refractivity contribution >= 4 is 5.91 Å². The lowest BCUT2D eigenvalue weighted by Gasteiger charge is -2.14. The number of amides is 1. The quantitative estimate of drug-likeness (QED) is 0.690. The predicted molar refractivity (Wildman–Crippen MR) is 96.3 cm³/mol. The van der Waals surface area contributed by atoms with E-state index in [9.17, 15) is 22.8 Å². The lowest BCUT2D eigenvalue weighted by Crippen LogP contribution is -2.35. The van der Waals surface area contributed by atoms with Crippen LogP contribution in [0.5, 0.6) is 5.75 Å². The second-order valence-electron chi connectivity index (χ2n) is 5.92. The van der Waals surface area contributed by atoms with E-state index in [-0.39, 0.29) is 11.3 Å². The van der Waals surface area contributed by atoms with Gasteiger partial charge in [-0.25, -0.2) is 0 Å². The van der Waals surface area contributed by atoms with Gasteiger partial charge in [0.15, 0.2) is 5.75 Å². The van der Waals surface area contributed by atoms with Gasteiger partial charge in [0.25, 0.3) is 11.5 Å². The molecule has 0 saturated heterocycles. The second-order valence-corrected chi connectivity index (χ2v) is 5.92. The summed E-state index contributed by atoms with van der Waals surface area (Å²) in [5, 5.41) is 0. The molecule has 2 aromatic carbocycles. The van der Waals surface area contributed by atoms with Crippen molar-refractivity contribution in [2.24, 2.45) is 0 Å². The number of carbonyl (C=O) groups is 1. The molecule has 0 aliphatic rings. The van der Waals surface area contributed by atoms with Crippen molar-refractivity contribution in [2.75, 3.05) is 0 Å². The van der Waals surface area contributed by atoms with E-state index in [1.165, 1.54) is 24.3 Å². The molecule has 0 radical (unpaired) electrons. The van der Waals surface area contributed by atoms with E-state index in [1.54, 1.807) is 37.3 Å². The number of hydrogen-bond donors (Lipinski definition) is 1. The SMILES string of the molecule is Cc1ccc(C(=O)NOc2ccccc2)c(=O)n1-c1cccc(C(F)(F)F)c1. The van der Waals surface area contributed by atoms with Gasteiger partial charge < -0.3 is 4.84 Å². The molecule has 0 aliphatic carbocycles. The Balaban J connectivity index is 1.95. The minimum atomic E-state index is -4.55. The van der Waals surface area contributed by atoms with E-state index in [0.29, 0.717) is 11.4 Å². The van der Waals surface area contributed by atoms with E-state index in [1.807, 2.05) is 0 Å². The minimum Gasteiger partial charge on any atom is -0.379 e. The molecule has 1 aromatic heterocycles. The molecule has 8 heteroatoms. The molecule has 0 spiro atoms. The first-order valence-corrected chi connectivity index (χ1v) is 8.20. The van der Waals surface area contributed by atoms with Gasteiger partial charge in [0.2, 0.25) is 0 Å². The van der Waals surface area contributed by atoms with Crippen molar-refractivity contribution in [3.63, 3.8) is 0 Å². The summed E-state index contributed by atoms with van der Waals surface area (Å²) >= 11 is 0. The number of benzene rings is 2. The average Bonchev–Trinajstić information content (AvgIpc) is 2.67. The Morgan fingerprint density at radius 2 is 1.71 bits per heavy atom. The van der Waals surface area contributed by atoms with Crippen LogP contribution in [-0.2, 0) is 6.18 Å². The van der Waals surface area contributed by atoms with Gasteiger partial charge in [-0.05, 0) is 49.4 Å². The third-order valence-corrected chi connectivity index (χ3v) is 3.96. The summed E-state index contributed by atoms with van der Waals surface area (Å²) < 4.78 is 40.0. The smallest absolute Gasteiger partial charge is 0.379 e. The van der Waals surface area contributed by atoms with Gasteiger partial charge in [-0.2, -0.15) is 18.7 Å². The molecule has 3 aromatic rings. The maximum atomic E-state index is 13.0. The molecule has 0 fully saturated rings. The Kier molecular flexibility index (Phi) is 5.21. The monoisotopic (exact) mass is 388 g/mol. The van der Waals surface area contributed by atoms with Crippen molar-refractivity contribution in [3.05, 3.63) is 93.9 Å². The summed E-state index contributed by atoms with van der Waals surface area (Å²) in [7, 11) is 0. The molecule has 0 atom stereocenters. The Morgan fingerprint density at radius 3 is 2.39 bits per heavy atom. The molecule has 0 saturated carbocycles. The topological polar surface area (TPSA) is 60.3 Å². The van der Waals surface area contributed by atoms with Crippen LogP contribution in [0.25, 0.3) is 5.69 Å². The molecule has 28 heavy (non-hydrogen) atoms. The van der Waals surface area contributed by atoms with Gasteiger partial charge in [0.05, 0.1) is 5.56 Å². The van der Waals surface area contributed by atoms with Gasteiger partial charge in [-0.1, -0.05) is 24.3 Å². The fourth-order valence-corrected chi connectivity index (χ4v) is 2.59. The van der Waals surface area contributed by atoms with E-state index >= 15 is 0 Å². The summed E-state index contributed by atoms with van der Waals surface area (Å²) in [5.41, 5.74) is 0.636. The summed E-state index contributed by atoms with van der Waals surface area (Å²) in [6, 6.07) is 15.5. The highest BCUT2D eigenvalue weighted by Gasteiger charge is 2.30. The molecule has 0 unspecified atom stereocenters. The van der Waals surface area contributed by atoms with Crippen LogP contribution in [-0.4, -0.2) is 10.5 Å². The van der Waals surface area contributed by atoms with Crippen molar-refractivity contribution in [1.82, 2.24) is 10.0 Å². The molecule has 0 bridgehead atoms. The van der Waals surface area contributed by atoms with Crippen LogP contribution in [0.1, 0.15) is 21.6 Å². The number of hydrogen-bond acceptors (Lipinski definition) is 3. The number of pyridine rings is 1. The number of nitrogens with zero attached hydrogens (tertiary/aromatic N) is 1. The summed E-state index contributed by atoms with van der Waals surface area (Å²) in [5.74, 6) is -0.448. The summed E-state index contributed by atoms with van der Waals surface area (Å²) in [6.07, 6.45) is -4.55. The standard InChI is InChI=1S/C20H15F3N2O3/c1-13-10-11-17(18(26)24-28-16-8-3-2-4-9-16)19(27)25(13)15-7-5-6-14(12-15)20(21,22)23/h2-12H,1H3,(H,24,26). The first kappa shape index (κ1) is 19.2. The van der Waals surface area contributed by atoms with Crippen LogP contribution in [0.3, 0.4) is 0 Å². The maximum Gasteiger partial charge on any atom is 0.416 e. The van der Waals surface area contributed by atoms with Crippen LogP contribution in [0, 0.1) is 6.92 Å². The van der Waals surface area contributed by atoms with Gasteiger partial charge in [-0.3, -0.25) is 14.2 Å². The number of rotatable bonds is 4. The van der Waals surface area contributed by atoms with Crippen LogP contribution in [0.4, 0.5) is 13.2 Å². The average molecular weight is 388 g/mol. The van der Waals surface area contributed by atoms with E-state index in [0.717, 1.165) is 16.7 Å². The molecule has 1 amide bonds. The highest BCUT2D eigenvalue weighted by Crippen LogP contribution is 2.30. The molecule has 3 rings (SSSR count). The zero-order chi connectivity index (χ0) is 20.3. The van der Waals surface area contributed by atoms with E-state index in [2.05, 4.69) is 5.48 Å². The lowest BCUT2D eigenvalue weighted by atomic mass is 10.1. The molecular formula is C20H15F3N2O3. The Bertz CT molecular complexity index is 1060. The Labute approximate surface area is 158 Å². The van der Waals surface area contributed by atoms with Crippen molar-refractivity contribution in [1.29, 1.82) is 0 Å². The van der Waals surface area contributed by atoms with Crippen molar-refractivity contribution < 1.29 is 22.8 Å². The largest absolute Gasteiger partial charge is 0.416 e. The number of aryl methyl sites for hydroxylation is 1. The minimum absolute atomic E-state index is 0.0101. The van der Waals surface area contributed by atoms with Crippen LogP contribution < -0.4 is 15.9 Å². The van der Waals surface area contributed by atoms with Crippen molar-refractivity contribution in [3.8, 4) is 11.4 Å². The molecule has 144 valence electrons. The normalized spacial score (nSPS) is 11.1. The zero-order valence-electron chi connectivity index (χ0n) is 14.7. The summed E-state index contributed by atoms with van der Waals surface area (Å²) in [4.78, 5) is 30.2. The first-order chi connectivity index (χ1) is 13.3. The maximum absolute atomic E-state index is 13.0. The van der Waals surface area contributed by atoms with E-state index in [4.69, 9.17) is 4.84 Å². The van der Waals surface area contributed by atoms with Crippen LogP contribution in [0.15, 0.2) is 71.5 Å². The molecule has 1 heterocycles. The van der Waals surface area contributed by atoms with Crippen LogP contribution >= 0.6 is 0 Å². The molecule has 5 nitrogen and oxygen atoms in total. The molecular weight excluding hydrogens is 373 g/mol. The third-order valence-electron chi connectivity index (χ3n) is 3.96. The lowest BCUT2D eigenvalue weighted by molar-refractivity contribution is -0.137. The van der Waals surface area contributed by atoms with Gasteiger partial charge >= 0.3 is 6.18 Å². The van der Waals surface area contributed by atoms with Crippen molar-refractivity contribution in [2.45, 2.75) is 13.1 Å². The fourth-order valence-electron chi connectivity index (χ4n) is 2.59. The highest BCUT2D eigenvalue weighted by molar-refractivity contribution is 5.93. The zero-order valence-corrected chi connectivity index (χ0v) is 14.7. The number of alkyl halides is 3. The number of aromatic nitrogens is 1. The number of carbonyl (C=O) groups excluding carboxylic acids is 1. The van der Waals surface area contributed by atoms with Crippen LogP contribution in [0.2, 0.25) is 0 Å². The number of halogens is 3. The number of para-hydroxylation sites is 1. The Morgan fingerprint density at radius 1 is 1.00 bits per heavy atom. The summed E-state index contributed by atoms with van der Waals surface area (Å²) in [6.45, 7) is 1.56.